The van der Waals surface area contributed by atoms with Crippen molar-refractivity contribution in [3.8, 4) is 0 Å². The predicted molar refractivity (Wildman–Crippen MR) is 78.1 cm³/mol. The lowest BCUT2D eigenvalue weighted by Crippen LogP contribution is -2.56. The van der Waals surface area contributed by atoms with Crippen LogP contribution in [0.15, 0.2) is 0 Å². The quantitative estimate of drug-likeness (QED) is 0.199. The molecule has 0 atom stereocenters. The lowest BCUT2D eigenvalue weighted by molar-refractivity contribution is -0.970. The summed E-state index contributed by atoms with van der Waals surface area (Å²) in [5.41, 5.74) is 0. The van der Waals surface area contributed by atoms with Crippen LogP contribution in [0.25, 0.3) is 0 Å². The average Bonchev–Trinajstić information content (AvgIpc) is 2.53. The molecular weight excluding hydrogens is 404 g/mol. The normalized spacial score (nSPS) is 11.1. The first-order chi connectivity index (χ1) is 12.8. The van der Waals surface area contributed by atoms with Gasteiger partial charge in [0, 0.05) is 13.1 Å². The smallest absolute Gasteiger partial charge is 0.337 e. The summed E-state index contributed by atoms with van der Waals surface area (Å²) in [5.74, 6) is -7.68. The number of nitrogens with one attached hydrogen (secondary N) is 2. The standard InChI is InChI=1S/C7H10N8O13/c16-5(8-3-1-6(10(17)18,11(19)20)12(21)22)9-4-2-7(13(23)24,14(25)26)15(27)28/h1-4H2,(H2,8,9,16). The van der Waals surface area contributed by atoms with E-state index in [9.17, 15) is 65.5 Å². The van der Waals surface area contributed by atoms with Crippen LogP contribution in [0, 0.1) is 60.7 Å². The monoisotopic (exact) mass is 414 g/mol. The van der Waals surface area contributed by atoms with Crippen LogP contribution >= 0.6 is 0 Å². The molecule has 0 rings (SSSR count). The third kappa shape index (κ3) is 4.44. The number of carbonyl (C=O) groups excluding carboxylic acids is 1. The molecule has 21 heteroatoms. The lowest BCUT2D eigenvalue weighted by atomic mass is 10.2. The number of carbonyl (C=O) groups is 1. The summed E-state index contributed by atoms with van der Waals surface area (Å²) in [4.78, 5) is 64.6. The Hall–Kier alpha value is -4.33. The van der Waals surface area contributed by atoms with Crippen LogP contribution in [0.5, 0.6) is 0 Å². The molecule has 28 heavy (non-hydrogen) atoms. The van der Waals surface area contributed by atoms with Crippen LogP contribution in [-0.2, 0) is 0 Å². The molecule has 0 aliphatic rings. The van der Waals surface area contributed by atoms with Gasteiger partial charge in [0.15, 0.2) is 42.4 Å². The van der Waals surface area contributed by atoms with Crippen LogP contribution in [0.4, 0.5) is 4.79 Å². The first-order valence-electron chi connectivity index (χ1n) is 6.65. The fourth-order valence-corrected chi connectivity index (χ4v) is 1.70. The van der Waals surface area contributed by atoms with Crippen molar-refractivity contribution in [3.05, 3.63) is 60.7 Å². The van der Waals surface area contributed by atoms with E-state index in [2.05, 4.69) is 0 Å². The van der Waals surface area contributed by atoms with Crippen molar-refractivity contribution in [1.29, 1.82) is 0 Å². The zero-order chi connectivity index (χ0) is 22.3. The van der Waals surface area contributed by atoms with E-state index in [1.54, 1.807) is 10.6 Å². The summed E-state index contributed by atoms with van der Waals surface area (Å²) >= 11 is 0. The molecule has 0 radical (unpaired) electrons. The largest absolute Gasteiger partial charge is 0.701 e. The van der Waals surface area contributed by atoms with Gasteiger partial charge in [-0.2, -0.15) is 0 Å². The number of urea groups is 1. The fourth-order valence-electron chi connectivity index (χ4n) is 1.70. The van der Waals surface area contributed by atoms with E-state index in [1.807, 2.05) is 0 Å². The van der Waals surface area contributed by atoms with Gasteiger partial charge in [-0.05, 0) is 0 Å². The van der Waals surface area contributed by atoms with Crippen molar-refractivity contribution >= 4 is 6.03 Å². The van der Waals surface area contributed by atoms with Crippen LogP contribution < -0.4 is 10.6 Å². The third-order valence-electron chi connectivity index (χ3n) is 3.25. The van der Waals surface area contributed by atoms with Gasteiger partial charge in [-0.25, -0.2) is 4.79 Å². The zero-order valence-electron chi connectivity index (χ0n) is 13.3. The van der Waals surface area contributed by atoms with Crippen molar-refractivity contribution in [2.45, 2.75) is 24.4 Å². The van der Waals surface area contributed by atoms with Gasteiger partial charge >= 0.3 is 17.6 Å². The van der Waals surface area contributed by atoms with Gasteiger partial charge in [0.1, 0.15) is 0 Å². The molecular formula is C7H10N8O13. The maximum Gasteiger partial charge on any atom is 0.701 e. The number of hydrogen-bond acceptors (Lipinski definition) is 13. The predicted octanol–water partition coefficient (Wildman–Crippen LogP) is -1.97. The van der Waals surface area contributed by atoms with Gasteiger partial charge in [0.2, 0.25) is 0 Å². The van der Waals surface area contributed by atoms with E-state index in [0.29, 0.717) is 0 Å². The molecule has 0 unspecified atom stereocenters. The Morgan fingerprint density at radius 2 is 0.786 bits per heavy atom. The molecule has 0 aromatic heterocycles. The van der Waals surface area contributed by atoms with E-state index in [1.165, 1.54) is 0 Å². The first-order valence-corrected chi connectivity index (χ1v) is 6.65. The molecule has 0 spiro atoms. The molecule has 0 saturated carbocycles. The SMILES string of the molecule is O=C(NCCC([N+](=O)[O-])([N+](=O)[O-])[N+](=O)[O-])NCCC([N+](=O)[O-])([N+](=O)[O-])[N+](=O)[O-]. The number of rotatable bonds is 12. The second-order valence-electron chi connectivity index (χ2n) is 4.77. The molecule has 0 aliphatic carbocycles. The van der Waals surface area contributed by atoms with Crippen LogP contribution in [-0.4, -0.2) is 60.2 Å². The number of amides is 2. The van der Waals surface area contributed by atoms with E-state index < -0.39 is 73.1 Å². The fraction of sp³-hybridized carbons (Fsp3) is 0.857. The highest BCUT2D eigenvalue weighted by molar-refractivity contribution is 5.73. The molecule has 0 fully saturated rings. The Balaban J connectivity index is 4.89. The van der Waals surface area contributed by atoms with Crippen LogP contribution in [0.2, 0.25) is 0 Å². The molecule has 0 aliphatic heterocycles. The van der Waals surface area contributed by atoms with Crippen molar-refractivity contribution in [2.75, 3.05) is 13.1 Å². The van der Waals surface area contributed by atoms with Gasteiger partial charge in [-0.1, -0.05) is 0 Å². The van der Waals surface area contributed by atoms with Crippen molar-refractivity contribution in [3.63, 3.8) is 0 Å². The topological polar surface area (TPSA) is 300 Å². The first kappa shape index (κ1) is 23.7. The van der Waals surface area contributed by atoms with E-state index in [-0.39, 0.29) is 0 Å². The molecule has 0 bridgehead atoms. The highest BCUT2D eigenvalue weighted by Gasteiger charge is 2.70. The van der Waals surface area contributed by atoms with E-state index >= 15 is 0 Å². The molecule has 2 N–H and O–H groups in total. The van der Waals surface area contributed by atoms with Crippen LogP contribution in [0.3, 0.4) is 0 Å². The van der Waals surface area contributed by atoms with E-state index in [4.69, 9.17) is 0 Å². The highest BCUT2D eigenvalue weighted by Crippen LogP contribution is 2.17. The number of nitrogens with zero attached hydrogens (tertiary/aromatic N) is 6. The van der Waals surface area contributed by atoms with E-state index in [0.717, 1.165) is 0 Å². The molecule has 0 aromatic carbocycles. The number of nitro groups is 6. The van der Waals surface area contributed by atoms with Gasteiger partial charge in [0.25, 0.3) is 0 Å². The Morgan fingerprint density at radius 1 is 0.571 bits per heavy atom. The van der Waals surface area contributed by atoms with Crippen LogP contribution in [0.1, 0.15) is 12.8 Å². The van der Waals surface area contributed by atoms with Gasteiger partial charge < -0.3 is 10.6 Å². The van der Waals surface area contributed by atoms with Gasteiger partial charge in [0.05, 0.1) is 0 Å². The lowest BCUT2D eigenvalue weighted by Gasteiger charge is -2.11. The Labute approximate surface area is 150 Å². The maximum absolute atomic E-state index is 11.4. The second kappa shape index (κ2) is 8.86. The molecule has 0 heterocycles. The van der Waals surface area contributed by atoms with Gasteiger partial charge in [-0.3, -0.25) is 60.7 Å². The van der Waals surface area contributed by atoms with Crippen molar-refractivity contribution in [1.82, 2.24) is 10.6 Å². The molecule has 21 nitrogen and oxygen atoms in total. The minimum absolute atomic E-state index is 0.986. The minimum atomic E-state index is -3.84. The van der Waals surface area contributed by atoms with Crippen molar-refractivity contribution < 1.29 is 34.3 Å². The molecule has 0 saturated heterocycles. The zero-order valence-corrected chi connectivity index (χ0v) is 13.3. The Bertz CT molecular complexity index is 590. The maximum atomic E-state index is 11.4. The summed E-state index contributed by atoms with van der Waals surface area (Å²) in [6.45, 7) is -1.97. The van der Waals surface area contributed by atoms with Gasteiger partial charge in [-0.15, -0.1) is 0 Å². The summed E-state index contributed by atoms with van der Waals surface area (Å²) in [5, 5.41) is 67.3. The number of hydrogen-bond donors (Lipinski definition) is 2. The van der Waals surface area contributed by atoms with Crippen molar-refractivity contribution in [2.24, 2.45) is 0 Å². The summed E-state index contributed by atoms with van der Waals surface area (Å²) in [7, 11) is 0. The third-order valence-corrected chi connectivity index (χ3v) is 3.25. The average molecular weight is 414 g/mol. The summed E-state index contributed by atoms with van der Waals surface area (Å²) < 4.78 is 0. The summed E-state index contributed by atoms with van der Waals surface area (Å²) in [6.07, 6.45) is -2.79. The highest BCUT2D eigenvalue weighted by atomic mass is 16.7. The molecule has 0 aromatic rings. The minimum Gasteiger partial charge on any atom is -0.337 e. The second-order valence-corrected chi connectivity index (χ2v) is 4.77. The Kier molecular flexibility index (Phi) is 7.49. The molecule has 2 amide bonds. The summed E-state index contributed by atoms with van der Waals surface area (Å²) in [6, 6.07) is -1.35. The molecule has 156 valence electrons. The Morgan fingerprint density at radius 3 is 0.964 bits per heavy atom.